The number of ether oxygens (including phenoxy) is 2. The summed E-state index contributed by atoms with van der Waals surface area (Å²) in [6.45, 7) is 7.11. The molecule has 5 heterocycles. The third-order valence-electron chi connectivity index (χ3n) is 9.11. The Labute approximate surface area is 267 Å². The molecule has 1 aromatic carbocycles. The first-order chi connectivity index (χ1) is 22.0. The lowest BCUT2D eigenvalue weighted by Crippen LogP contribution is -2.41. The van der Waals surface area contributed by atoms with Crippen molar-refractivity contribution in [3.63, 3.8) is 0 Å². The number of methoxy groups -OCH3 is 1. The van der Waals surface area contributed by atoms with E-state index in [0.717, 1.165) is 43.4 Å². The summed E-state index contributed by atoms with van der Waals surface area (Å²) >= 11 is 0. The van der Waals surface area contributed by atoms with Crippen molar-refractivity contribution in [3.8, 4) is 23.9 Å². The Bertz CT molecular complexity index is 1550. The molecule has 3 fully saturated rings. The fraction of sp³-hybridized carbons (Fsp3) is 0.559. The third-order valence-corrected chi connectivity index (χ3v) is 9.11. The van der Waals surface area contributed by atoms with Gasteiger partial charge in [-0.1, -0.05) is 12.8 Å². The Balaban J connectivity index is 0.000000350. The first-order valence-corrected chi connectivity index (χ1v) is 15.7. The van der Waals surface area contributed by atoms with Crippen molar-refractivity contribution < 1.29 is 27.0 Å². The molecule has 46 heavy (non-hydrogen) atoms. The van der Waals surface area contributed by atoms with Crippen molar-refractivity contribution in [2.75, 3.05) is 43.9 Å². The fourth-order valence-corrected chi connectivity index (χ4v) is 7.25. The SMILES string of the molecule is CC#Cc1cc(N)cc(C2Cc3nc(OC)nc(N4CC(C)CC(CC#N)C4)c3CO2)c1C(F)(F)F.F/C=C1/CC2CCCN2C1. The van der Waals surface area contributed by atoms with Gasteiger partial charge in [0.05, 0.1) is 43.5 Å². The maximum absolute atomic E-state index is 14.1. The van der Waals surface area contributed by atoms with Gasteiger partial charge < -0.3 is 20.1 Å². The van der Waals surface area contributed by atoms with Gasteiger partial charge in [-0.25, -0.2) is 4.39 Å². The second-order valence-corrected chi connectivity index (χ2v) is 12.6. The molecule has 4 atom stereocenters. The second kappa shape index (κ2) is 14.3. The summed E-state index contributed by atoms with van der Waals surface area (Å²) < 4.78 is 65.8. The maximum atomic E-state index is 14.1. The van der Waals surface area contributed by atoms with Crippen LogP contribution >= 0.6 is 0 Å². The number of hydrogen-bond acceptors (Lipinski definition) is 8. The molecule has 0 aliphatic carbocycles. The van der Waals surface area contributed by atoms with Crippen molar-refractivity contribution >= 4 is 11.5 Å². The minimum Gasteiger partial charge on any atom is -0.467 e. The van der Waals surface area contributed by atoms with Crippen molar-refractivity contribution in [1.29, 1.82) is 5.26 Å². The van der Waals surface area contributed by atoms with E-state index >= 15 is 0 Å². The van der Waals surface area contributed by atoms with Gasteiger partial charge >= 0.3 is 12.2 Å². The highest BCUT2D eigenvalue weighted by Gasteiger charge is 2.40. The molecule has 0 saturated carbocycles. The molecule has 4 unspecified atom stereocenters. The number of aromatic nitrogens is 2. The van der Waals surface area contributed by atoms with Crippen molar-refractivity contribution in [2.45, 2.75) is 77.3 Å². The van der Waals surface area contributed by atoms with Gasteiger partial charge in [-0.2, -0.15) is 28.4 Å². The fourth-order valence-electron chi connectivity index (χ4n) is 7.25. The van der Waals surface area contributed by atoms with Crippen LogP contribution in [-0.4, -0.2) is 54.2 Å². The van der Waals surface area contributed by atoms with E-state index < -0.39 is 17.8 Å². The van der Waals surface area contributed by atoms with Crippen molar-refractivity contribution in [2.24, 2.45) is 11.8 Å². The molecule has 246 valence electrons. The molecular formula is C34H40F4N6O2. The molecule has 4 aliphatic heterocycles. The lowest BCUT2D eigenvalue weighted by Gasteiger charge is -2.38. The van der Waals surface area contributed by atoms with Crippen LogP contribution in [0.2, 0.25) is 0 Å². The number of nitrogens with zero attached hydrogens (tertiary/aromatic N) is 5. The molecule has 12 heteroatoms. The van der Waals surface area contributed by atoms with E-state index in [9.17, 15) is 22.8 Å². The number of piperidine rings is 1. The van der Waals surface area contributed by atoms with Crippen LogP contribution < -0.4 is 15.4 Å². The Kier molecular flexibility index (Phi) is 10.4. The lowest BCUT2D eigenvalue weighted by atomic mass is 9.88. The smallest absolute Gasteiger partial charge is 0.417 e. The summed E-state index contributed by atoms with van der Waals surface area (Å²) in [7, 11) is 1.45. The molecule has 0 spiro atoms. The van der Waals surface area contributed by atoms with Crippen LogP contribution in [0, 0.1) is 35.0 Å². The summed E-state index contributed by atoms with van der Waals surface area (Å²) in [6.07, 6.45) is 0.289. The van der Waals surface area contributed by atoms with Gasteiger partial charge in [-0.3, -0.25) is 4.90 Å². The standard InChI is InChI=1S/C26H28F3N5O2.C8H12FN/c1-4-5-17-9-18(31)10-19(23(17)26(27,28)29)22-11-21-20(14-36-22)24(33-25(32-21)35-3)34-12-15(2)8-16(13-34)6-7-30;9-5-7-4-8-2-1-3-10(8)6-7/h9-10,15-16,22H,6,8,11-14,31H2,1-3H3;5,8H,1-4,6H2/b;7-5-. The topological polar surface area (TPSA) is 101 Å². The number of benzene rings is 1. The number of nitrogens with two attached hydrogens (primary N) is 1. The lowest BCUT2D eigenvalue weighted by molar-refractivity contribution is -0.140. The molecule has 0 amide bonds. The molecular weight excluding hydrogens is 600 g/mol. The summed E-state index contributed by atoms with van der Waals surface area (Å²) in [6, 6.07) is 5.61. The number of nitriles is 1. The van der Waals surface area contributed by atoms with E-state index in [2.05, 4.69) is 44.6 Å². The minimum absolute atomic E-state index is 0.0357. The summed E-state index contributed by atoms with van der Waals surface area (Å²) in [4.78, 5) is 13.5. The first-order valence-electron chi connectivity index (χ1n) is 15.7. The summed E-state index contributed by atoms with van der Waals surface area (Å²) in [5, 5.41) is 9.19. The van der Waals surface area contributed by atoms with Crippen LogP contribution in [0.1, 0.15) is 80.0 Å². The van der Waals surface area contributed by atoms with Gasteiger partial charge in [0.25, 0.3) is 0 Å². The Hall–Kier alpha value is -3.87. The van der Waals surface area contributed by atoms with Crippen molar-refractivity contribution in [3.05, 3.63) is 52.0 Å². The highest BCUT2D eigenvalue weighted by Crippen LogP contribution is 2.43. The second-order valence-electron chi connectivity index (χ2n) is 12.6. The molecule has 3 saturated heterocycles. The van der Waals surface area contributed by atoms with E-state index in [4.69, 9.17) is 15.2 Å². The molecule has 8 nitrogen and oxygen atoms in total. The third kappa shape index (κ3) is 7.40. The Morgan fingerprint density at radius 3 is 2.70 bits per heavy atom. The van der Waals surface area contributed by atoms with Crippen LogP contribution in [0.15, 0.2) is 24.0 Å². The van der Waals surface area contributed by atoms with E-state index in [1.54, 1.807) is 0 Å². The number of fused-ring (bicyclic) bond motifs is 2. The van der Waals surface area contributed by atoms with Crippen molar-refractivity contribution in [1.82, 2.24) is 14.9 Å². The van der Waals surface area contributed by atoms with Gasteiger partial charge in [0.1, 0.15) is 5.82 Å². The zero-order valence-electron chi connectivity index (χ0n) is 26.5. The number of anilines is 2. The molecule has 2 N–H and O–H groups in total. The predicted molar refractivity (Wildman–Crippen MR) is 166 cm³/mol. The van der Waals surface area contributed by atoms with Crippen LogP contribution in [0.4, 0.5) is 29.1 Å². The zero-order chi connectivity index (χ0) is 33.0. The number of halogens is 4. The molecule has 6 rings (SSSR count). The van der Waals surface area contributed by atoms with Gasteiger partial charge in [0, 0.05) is 55.3 Å². The number of alkyl halides is 3. The Morgan fingerprint density at radius 1 is 1.22 bits per heavy atom. The van der Waals surface area contributed by atoms with Gasteiger partial charge in [0.15, 0.2) is 0 Å². The number of rotatable bonds is 4. The monoisotopic (exact) mass is 640 g/mol. The maximum Gasteiger partial charge on any atom is 0.417 e. The van der Waals surface area contributed by atoms with Crippen LogP contribution in [0.3, 0.4) is 0 Å². The minimum atomic E-state index is -4.64. The number of hydrogen-bond donors (Lipinski definition) is 1. The molecule has 0 bridgehead atoms. The first kappa shape index (κ1) is 33.5. The van der Waals surface area contributed by atoms with E-state index in [1.807, 2.05) is 0 Å². The van der Waals surface area contributed by atoms with E-state index in [0.29, 0.717) is 36.4 Å². The van der Waals surface area contributed by atoms with Crippen LogP contribution in [0.25, 0.3) is 0 Å². The van der Waals surface area contributed by atoms with Gasteiger partial charge in [-0.05, 0) is 74.3 Å². The number of nitrogen functional groups attached to an aromatic ring is 1. The Morgan fingerprint density at radius 2 is 2.02 bits per heavy atom. The average molecular weight is 641 g/mol. The molecule has 1 aromatic heterocycles. The van der Waals surface area contributed by atoms with E-state index in [-0.39, 0.29) is 41.8 Å². The molecule has 4 aliphatic rings. The zero-order valence-corrected chi connectivity index (χ0v) is 26.5. The van der Waals surface area contributed by atoms with Gasteiger partial charge in [0.2, 0.25) is 0 Å². The molecule has 0 radical (unpaired) electrons. The van der Waals surface area contributed by atoms with Crippen LogP contribution in [-0.2, 0) is 23.9 Å². The van der Waals surface area contributed by atoms with E-state index in [1.165, 1.54) is 45.6 Å². The summed E-state index contributed by atoms with van der Waals surface area (Å²) in [5.74, 6) is 6.26. The average Bonchev–Trinajstić information content (AvgIpc) is 3.62. The van der Waals surface area contributed by atoms with Crippen LogP contribution in [0.5, 0.6) is 6.01 Å². The van der Waals surface area contributed by atoms with Gasteiger partial charge in [-0.15, -0.1) is 5.92 Å². The normalized spacial score (nSPS) is 25.1. The quantitative estimate of drug-likeness (QED) is 0.234. The predicted octanol–water partition coefficient (Wildman–Crippen LogP) is 6.36. The molecule has 2 aromatic rings. The summed E-state index contributed by atoms with van der Waals surface area (Å²) in [5.41, 5.74) is 7.33. The highest BCUT2D eigenvalue weighted by molar-refractivity contribution is 5.58. The highest BCUT2D eigenvalue weighted by atomic mass is 19.4. The largest absolute Gasteiger partial charge is 0.467 e.